The van der Waals surface area contributed by atoms with Gasteiger partial charge in [-0.2, -0.15) is 0 Å². The maximum Gasteiger partial charge on any atom is 0.419 e. The summed E-state index contributed by atoms with van der Waals surface area (Å²) < 4.78 is 7.08. The first-order valence-electron chi connectivity index (χ1n) is 8.66. The minimum atomic E-state index is -0.248. The zero-order valence-electron chi connectivity index (χ0n) is 13.9. The van der Waals surface area contributed by atoms with Crippen LogP contribution in [0.25, 0.3) is 11.1 Å². The molecule has 4 nitrogen and oxygen atoms in total. The summed E-state index contributed by atoms with van der Waals surface area (Å²) in [5, 5.41) is 2.22. The molecule has 1 atom stereocenters. The van der Waals surface area contributed by atoms with Crippen LogP contribution in [0.4, 0.5) is 0 Å². The molecule has 0 saturated carbocycles. The molecule has 4 rings (SSSR count). The van der Waals surface area contributed by atoms with E-state index < -0.39 is 0 Å². The van der Waals surface area contributed by atoms with Crippen molar-refractivity contribution in [2.75, 3.05) is 13.1 Å². The summed E-state index contributed by atoms with van der Waals surface area (Å²) in [6.45, 7) is 5.10. The van der Waals surface area contributed by atoms with Crippen LogP contribution >= 0.6 is 11.3 Å². The van der Waals surface area contributed by atoms with Crippen LogP contribution in [-0.4, -0.2) is 22.6 Å². The van der Waals surface area contributed by atoms with Gasteiger partial charge in [0.05, 0.1) is 5.52 Å². The lowest BCUT2D eigenvalue weighted by atomic mass is 9.97. The number of aromatic nitrogens is 1. The molecule has 0 amide bonds. The van der Waals surface area contributed by atoms with Gasteiger partial charge >= 0.3 is 5.76 Å². The molecule has 1 aliphatic rings. The Morgan fingerprint density at radius 1 is 1.25 bits per heavy atom. The van der Waals surface area contributed by atoms with Crippen LogP contribution in [0.15, 0.2) is 44.9 Å². The van der Waals surface area contributed by atoms with Crippen molar-refractivity contribution in [2.24, 2.45) is 0 Å². The summed E-state index contributed by atoms with van der Waals surface area (Å²) in [4.78, 5) is 16.2. The zero-order valence-corrected chi connectivity index (χ0v) is 14.7. The Morgan fingerprint density at radius 2 is 2.12 bits per heavy atom. The third-order valence-electron chi connectivity index (χ3n) is 4.99. The molecule has 0 fully saturated rings. The first kappa shape index (κ1) is 15.7. The topological polar surface area (TPSA) is 38.4 Å². The van der Waals surface area contributed by atoms with Gasteiger partial charge in [0.1, 0.15) is 0 Å². The molecule has 126 valence electrons. The fourth-order valence-electron chi connectivity index (χ4n) is 3.85. The van der Waals surface area contributed by atoms with Gasteiger partial charge in [-0.1, -0.05) is 19.1 Å². The van der Waals surface area contributed by atoms with E-state index in [2.05, 4.69) is 23.3 Å². The van der Waals surface area contributed by atoms with E-state index in [0.717, 1.165) is 37.9 Å². The van der Waals surface area contributed by atoms with Crippen molar-refractivity contribution in [1.82, 2.24) is 9.47 Å². The van der Waals surface area contributed by atoms with Crippen LogP contribution in [0, 0.1) is 0 Å². The highest BCUT2D eigenvalue weighted by Gasteiger charge is 2.26. The number of thiophene rings is 1. The molecule has 0 N–H and O–H groups in total. The first-order valence-corrected chi connectivity index (χ1v) is 9.54. The lowest BCUT2D eigenvalue weighted by molar-refractivity contribution is 0.176. The molecule has 1 aliphatic heterocycles. The van der Waals surface area contributed by atoms with Crippen molar-refractivity contribution < 1.29 is 4.42 Å². The number of oxazole rings is 1. The van der Waals surface area contributed by atoms with E-state index >= 15 is 0 Å². The van der Waals surface area contributed by atoms with E-state index in [9.17, 15) is 4.79 Å². The molecule has 3 heterocycles. The Kier molecular flexibility index (Phi) is 4.29. The highest BCUT2D eigenvalue weighted by atomic mass is 32.1. The third-order valence-corrected chi connectivity index (χ3v) is 5.99. The summed E-state index contributed by atoms with van der Waals surface area (Å²) in [7, 11) is 0. The van der Waals surface area contributed by atoms with E-state index in [1.54, 1.807) is 9.44 Å². The molecule has 1 unspecified atom stereocenters. The first-order chi connectivity index (χ1) is 11.8. The van der Waals surface area contributed by atoms with E-state index in [1.165, 1.54) is 5.56 Å². The van der Waals surface area contributed by atoms with E-state index in [0.29, 0.717) is 18.2 Å². The highest BCUT2D eigenvalue weighted by molar-refractivity contribution is 7.10. The molecule has 0 spiro atoms. The minimum Gasteiger partial charge on any atom is -0.408 e. The van der Waals surface area contributed by atoms with Crippen molar-refractivity contribution in [2.45, 2.75) is 38.8 Å². The van der Waals surface area contributed by atoms with Crippen LogP contribution in [0.2, 0.25) is 0 Å². The molecule has 5 heteroatoms. The predicted molar refractivity (Wildman–Crippen MR) is 97.7 cm³/mol. The second-order valence-corrected chi connectivity index (χ2v) is 7.35. The SMILES string of the molecule is CCC1c2ccsc2CCN1CCCn1c(=O)oc2ccccc21. The predicted octanol–water partition coefficient (Wildman–Crippen LogP) is 4.06. The Hall–Kier alpha value is -1.85. The fourth-order valence-corrected chi connectivity index (χ4v) is 4.78. The average Bonchev–Trinajstić information content (AvgIpc) is 3.19. The maximum atomic E-state index is 12.1. The molecular formula is C19H22N2O2S. The Labute approximate surface area is 145 Å². The van der Waals surface area contributed by atoms with Gasteiger partial charge in [-0.25, -0.2) is 4.79 Å². The van der Waals surface area contributed by atoms with Gasteiger partial charge in [0.25, 0.3) is 0 Å². The largest absolute Gasteiger partial charge is 0.419 e. The average molecular weight is 342 g/mol. The maximum absolute atomic E-state index is 12.1. The Bertz CT molecular complexity index is 892. The van der Waals surface area contributed by atoms with Gasteiger partial charge in [-0.3, -0.25) is 9.47 Å². The summed E-state index contributed by atoms with van der Waals surface area (Å²) in [5.74, 6) is -0.248. The highest BCUT2D eigenvalue weighted by Crippen LogP contribution is 2.35. The van der Waals surface area contributed by atoms with Crippen LogP contribution in [0.3, 0.4) is 0 Å². The summed E-state index contributed by atoms with van der Waals surface area (Å²) in [6, 6.07) is 10.5. The molecule has 0 radical (unpaired) electrons. The number of hydrogen-bond acceptors (Lipinski definition) is 4. The Morgan fingerprint density at radius 3 is 3.00 bits per heavy atom. The number of hydrogen-bond donors (Lipinski definition) is 0. The van der Waals surface area contributed by atoms with Crippen molar-refractivity contribution >= 4 is 22.4 Å². The van der Waals surface area contributed by atoms with Crippen molar-refractivity contribution in [3.8, 4) is 0 Å². The molecule has 2 aromatic heterocycles. The standard InChI is InChI=1S/C19H22N2O2S/c1-2-15-14-9-13-24-18(14)8-12-20(15)10-5-11-21-16-6-3-4-7-17(16)23-19(21)22/h3-4,6-7,9,13,15H,2,5,8,10-12H2,1H3. The monoisotopic (exact) mass is 342 g/mol. The van der Waals surface area contributed by atoms with Crippen molar-refractivity contribution in [1.29, 1.82) is 0 Å². The molecule has 0 bridgehead atoms. The van der Waals surface area contributed by atoms with E-state index in [4.69, 9.17) is 4.42 Å². The van der Waals surface area contributed by atoms with Gasteiger partial charge in [0.2, 0.25) is 0 Å². The van der Waals surface area contributed by atoms with Crippen LogP contribution in [0.5, 0.6) is 0 Å². The number of fused-ring (bicyclic) bond motifs is 2. The molecule has 0 aliphatic carbocycles. The summed E-state index contributed by atoms with van der Waals surface area (Å²) in [6.07, 6.45) is 3.25. The van der Waals surface area contributed by atoms with Crippen LogP contribution in [-0.2, 0) is 13.0 Å². The lowest BCUT2D eigenvalue weighted by Crippen LogP contribution is -2.35. The Balaban J connectivity index is 1.46. The molecule has 3 aromatic rings. The van der Waals surface area contributed by atoms with Gasteiger partial charge in [-0.05, 0) is 48.4 Å². The summed E-state index contributed by atoms with van der Waals surface area (Å²) >= 11 is 1.89. The van der Waals surface area contributed by atoms with Crippen molar-refractivity contribution in [3.63, 3.8) is 0 Å². The molecular weight excluding hydrogens is 320 g/mol. The minimum absolute atomic E-state index is 0.248. The third kappa shape index (κ3) is 2.72. The smallest absolute Gasteiger partial charge is 0.408 e. The van der Waals surface area contributed by atoms with Crippen molar-refractivity contribution in [3.05, 3.63) is 56.7 Å². The molecule has 1 aromatic carbocycles. The second-order valence-electron chi connectivity index (χ2n) is 6.35. The fraction of sp³-hybridized carbons (Fsp3) is 0.421. The van der Waals surface area contributed by atoms with Crippen LogP contribution < -0.4 is 5.76 Å². The molecule has 0 saturated heterocycles. The molecule has 24 heavy (non-hydrogen) atoms. The zero-order chi connectivity index (χ0) is 16.5. The van der Waals surface area contributed by atoms with Gasteiger partial charge in [0, 0.05) is 30.6 Å². The van der Waals surface area contributed by atoms with Gasteiger partial charge in [-0.15, -0.1) is 11.3 Å². The quantitative estimate of drug-likeness (QED) is 0.702. The number of aryl methyl sites for hydroxylation is 1. The lowest BCUT2D eigenvalue weighted by Gasteiger charge is -2.35. The number of para-hydroxylation sites is 2. The van der Waals surface area contributed by atoms with Gasteiger partial charge in [0.15, 0.2) is 5.58 Å². The van der Waals surface area contributed by atoms with E-state index in [-0.39, 0.29) is 5.76 Å². The van der Waals surface area contributed by atoms with E-state index in [1.807, 2.05) is 35.6 Å². The number of rotatable bonds is 5. The van der Waals surface area contributed by atoms with Crippen LogP contribution in [0.1, 0.15) is 36.2 Å². The number of nitrogens with zero attached hydrogens (tertiary/aromatic N) is 2. The number of benzene rings is 1. The second kappa shape index (κ2) is 6.57. The summed E-state index contributed by atoms with van der Waals surface area (Å²) in [5.41, 5.74) is 3.09. The van der Waals surface area contributed by atoms with Gasteiger partial charge < -0.3 is 4.42 Å². The normalized spacial score (nSPS) is 18.1.